The van der Waals surface area contributed by atoms with Crippen LogP contribution in [0.25, 0.3) is 0 Å². The molecule has 2 aromatic rings. The second-order valence-electron chi connectivity index (χ2n) is 6.75. The first-order chi connectivity index (χ1) is 13.6. The molecule has 1 N–H and O–H groups in total. The van der Waals surface area contributed by atoms with E-state index in [-0.39, 0.29) is 18.7 Å². The van der Waals surface area contributed by atoms with Crippen molar-refractivity contribution < 1.29 is 19.1 Å². The number of carbonyl (C=O) groups is 2. The van der Waals surface area contributed by atoms with Crippen molar-refractivity contribution in [1.82, 2.24) is 15.1 Å². The van der Waals surface area contributed by atoms with Gasteiger partial charge in [0.25, 0.3) is 0 Å². The molecular weight excluding hydrogens is 360 g/mol. The van der Waals surface area contributed by atoms with Crippen LogP contribution in [0.5, 0.6) is 0 Å². The van der Waals surface area contributed by atoms with E-state index < -0.39 is 5.97 Å². The highest BCUT2D eigenvalue weighted by molar-refractivity contribution is 5.88. The molecule has 0 bridgehead atoms. The Labute approximate surface area is 164 Å². The minimum absolute atomic E-state index is 0.0939. The normalized spacial score (nSPS) is 16.5. The zero-order chi connectivity index (χ0) is 19.9. The van der Waals surface area contributed by atoms with Gasteiger partial charge in [0.1, 0.15) is 12.3 Å². The summed E-state index contributed by atoms with van der Waals surface area (Å²) in [5, 5.41) is 6.92. The topological polar surface area (TPSA) is 87.8 Å². The number of esters is 1. The number of likely N-dealkylation sites (tertiary alicyclic amines) is 1. The van der Waals surface area contributed by atoms with E-state index in [0.717, 1.165) is 18.4 Å². The van der Waals surface area contributed by atoms with Crippen molar-refractivity contribution in [3.05, 3.63) is 47.7 Å². The van der Waals surface area contributed by atoms with Crippen molar-refractivity contribution in [2.45, 2.75) is 32.4 Å². The molecule has 0 spiro atoms. The maximum Gasteiger partial charge on any atom is 0.410 e. The highest BCUT2D eigenvalue weighted by atomic mass is 16.6. The van der Waals surface area contributed by atoms with Crippen LogP contribution in [0.1, 0.15) is 35.8 Å². The summed E-state index contributed by atoms with van der Waals surface area (Å²) in [5.74, 6) is 0.219. The molecule has 1 aromatic heterocycles. The molecule has 0 saturated carbocycles. The molecule has 0 unspecified atom stereocenters. The third-order valence-corrected chi connectivity index (χ3v) is 4.83. The number of hydrogen-bond donors (Lipinski definition) is 1. The Bertz CT molecular complexity index is 793. The molecule has 1 aliphatic rings. The summed E-state index contributed by atoms with van der Waals surface area (Å²) in [6.07, 6.45) is 1.50. The Hall–Kier alpha value is -3.03. The van der Waals surface area contributed by atoms with Crippen LogP contribution in [0.3, 0.4) is 0 Å². The third-order valence-electron chi connectivity index (χ3n) is 4.83. The molecule has 0 aliphatic carbocycles. The third kappa shape index (κ3) is 4.82. The molecule has 8 heteroatoms. The van der Waals surface area contributed by atoms with Crippen LogP contribution in [0, 0.1) is 0 Å². The number of hydrogen-bond acceptors (Lipinski definition) is 6. The molecule has 3 rings (SSSR count). The Kier molecular flexibility index (Phi) is 6.52. The quantitative estimate of drug-likeness (QED) is 0.768. The van der Waals surface area contributed by atoms with E-state index in [4.69, 9.17) is 9.47 Å². The largest absolute Gasteiger partial charge is 0.461 e. The van der Waals surface area contributed by atoms with Gasteiger partial charge in [0, 0.05) is 32.2 Å². The van der Waals surface area contributed by atoms with Crippen molar-refractivity contribution in [2.24, 2.45) is 0 Å². The van der Waals surface area contributed by atoms with E-state index in [0.29, 0.717) is 31.2 Å². The number of ether oxygens (including phenoxy) is 2. The van der Waals surface area contributed by atoms with Crippen LogP contribution in [-0.4, -0.2) is 59.9 Å². The molecule has 1 saturated heterocycles. The number of rotatable bonds is 6. The molecular formula is C20H26N4O4. The van der Waals surface area contributed by atoms with Crippen LogP contribution in [0.4, 0.5) is 10.6 Å². The number of aromatic amines is 1. The lowest BCUT2D eigenvalue weighted by atomic mass is 10.0. The zero-order valence-corrected chi connectivity index (χ0v) is 16.3. The average molecular weight is 386 g/mol. The lowest BCUT2D eigenvalue weighted by molar-refractivity contribution is 0.0519. The molecule has 1 aliphatic heterocycles. The van der Waals surface area contributed by atoms with Crippen LogP contribution in [0.15, 0.2) is 36.4 Å². The van der Waals surface area contributed by atoms with Crippen LogP contribution >= 0.6 is 0 Å². The van der Waals surface area contributed by atoms with Gasteiger partial charge in [0.05, 0.1) is 6.61 Å². The summed E-state index contributed by atoms with van der Waals surface area (Å²) in [4.78, 5) is 28.0. The Morgan fingerprint density at radius 1 is 1.29 bits per heavy atom. The predicted molar refractivity (Wildman–Crippen MR) is 104 cm³/mol. The Morgan fingerprint density at radius 2 is 2.07 bits per heavy atom. The van der Waals surface area contributed by atoms with E-state index >= 15 is 0 Å². The summed E-state index contributed by atoms with van der Waals surface area (Å²) in [6, 6.07) is 11.4. The monoisotopic (exact) mass is 386 g/mol. The van der Waals surface area contributed by atoms with Crippen molar-refractivity contribution >= 4 is 17.9 Å². The van der Waals surface area contributed by atoms with Gasteiger partial charge in [0.2, 0.25) is 0 Å². The number of carbonyl (C=O) groups excluding carboxylic acids is 2. The molecule has 1 fully saturated rings. The number of benzene rings is 1. The lowest BCUT2D eigenvalue weighted by Gasteiger charge is -2.37. The van der Waals surface area contributed by atoms with Gasteiger partial charge in [-0.1, -0.05) is 30.3 Å². The van der Waals surface area contributed by atoms with Gasteiger partial charge in [-0.15, -0.1) is 0 Å². The Balaban J connectivity index is 1.56. The summed E-state index contributed by atoms with van der Waals surface area (Å²) in [5.41, 5.74) is 1.28. The number of anilines is 1. The molecule has 28 heavy (non-hydrogen) atoms. The van der Waals surface area contributed by atoms with E-state index in [1.807, 2.05) is 42.3 Å². The summed E-state index contributed by atoms with van der Waals surface area (Å²) in [7, 11) is 1.91. The van der Waals surface area contributed by atoms with Gasteiger partial charge in [-0.3, -0.25) is 5.10 Å². The van der Waals surface area contributed by atoms with Crippen molar-refractivity contribution in [3.63, 3.8) is 0 Å². The smallest absolute Gasteiger partial charge is 0.410 e. The number of nitrogens with zero attached hydrogens (tertiary/aromatic N) is 3. The van der Waals surface area contributed by atoms with Crippen molar-refractivity contribution in [1.29, 1.82) is 0 Å². The van der Waals surface area contributed by atoms with E-state index in [1.165, 1.54) is 0 Å². The van der Waals surface area contributed by atoms with E-state index in [9.17, 15) is 9.59 Å². The highest BCUT2D eigenvalue weighted by Gasteiger charge is 2.28. The number of H-pyrrole nitrogens is 1. The van der Waals surface area contributed by atoms with Crippen molar-refractivity contribution in [3.8, 4) is 0 Å². The van der Waals surface area contributed by atoms with Gasteiger partial charge in [-0.2, -0.15) is 5.10 Å². The van der Waals surface area contributed by atoms with Gasteiger partial charge < -0.3 is 19.3 Å². The lowest BCUT2D eigenvalue weighted by Crippen LogP contribution is -2.49. The molecule has 150 valence electrons. The zero-order valence-electron chi connectivity index (χ0n) is 16.3. The maximum absolute atomic E-state index is 12.4. The Morgan fingerprint density at radius 3 is 2.82 bits per heavy atom. The summed E-state index contributed by atoms with van der Waals surface area (Å²) < 4.78 is 10.4. The molecule has 0 radical (unpaired) electrons. The van der Waals surface area contributed by atoms with Gasteiger partial charge in [0.15, 0.2) is 5.82 Å². The van der Waals surface area contributed by atoms with Gasteiger partial charge in [-0.05, 0) is 25.3 Å². The fourth-order valence-electron chi connectivity index (χ4n) is 3.24. The van der Waals surface area contributed by atoms with E-state index in [2.05, 4.69) is 10.2 Å². The first kappa shape index (κ1) is 19.7. The van der Waals surface area contributed by atoms with E-state index in [1.54, 1.807) is 17.9 Å². The molecule has 1 aromatic carbocycles. The number of nitrogens with one attached hydrogen (secondary N) is 1. The van der Waals surface area contributed by atoms with Crippen LogP contribution in [0.2, 0.25) is 0 Å². The van der Waals surface area contributed by atoms with Gasteiger partial charge >= 0.3 is 12.1 Å². The number of amides is 1. The minimum atomic E-state index is -0.426. The number of aromatic nitrogens is 2. The van der Waals surface area contributed by atoms with Crippen LogP contribution in [-0.2, 0) is 16.1 Å². The molecule has 1 atom stereocenters. The van der Waals surface area contributed by atoms with Gasteiger partial charge in [-0.25, -0.2) is 9.59 Å². The fraction of sp³-hybridized carbons (Fsp3) is 0.450. The SMILES string of the molecule is CCOC(=O)c1cc(N(C)[C@H]2CCCN(C(=O)OCc3ccccc3)C2)n[nH]1. The number of likely N-dealkylation sites (N-methyl/N-ethyl adjacent to an activating group) is 1. The standard InChI is InChI=1S/C20H26N4O4/c1-3-27-19(25)17-12-18(22-21-17)23(2)16-10-7-11-24(13-16)20(26)28-14-15-8-5-4-6-9-15/h4-6,8-9,12,16H,3,7,10-11,13-14H2,1-2H3,(H,21,22)/t16-/m0/s1. The summed E-state index contributed by atoms with van der Waals surface area (Å²) >= 11 is 0. The summed E-state index contributed by atoms with van der Waals surface area (Å²) in [6.45, 7) is 3.55. The maximum atomic E-state index is 12.4. The second-order valence-corrected chi connectivity index (χ2v) is 6.75. The first-order valence-corrected chi connectivity index (χ1v) is 9.49. The fourth-order valence-corrected chi connectivity index (χ4v) is 3.24. The molecule has 8 nitrogen and oxygen atoms in total. The highest BCUT2D eigenvalue weighted by Crippen LogP contribution is 2.21. The molecule has 1 amide bonds. The van der Waals surface area contributed by atoms with Crippen LogP contribution < -0.4 is 4.90 Å². The average Bonchev–Trinajstić information content (AvgIpc) is 3.23. The molecule has 2 heterocycles. The predicted octanol–water partition coefficient (Wildman–Crippen LogP) is 2.82. The van der Waals surface area contributed by atoms with Crippen molar-refractivity contribution in [2.75, 3.05) is 31.6 Å². The first-order valence-electron chi connectivity index (χ1n) is 9.49. The number of piperidine rings is 1. The minimum Gasteiger partial charge on any atom is -0.461 e. The second kappa shape index (κ2) is 9.25.